The Balaban J connectivity index is 2.63. The van der Waals surface area contributed by atoms with E-state index in [2.05, 4.69) is 76.9 Å². The zero-order valence-corrected chi connectivity index (χ0v) is 24.6. The number of hydrogen-bond acceptors (Lipinski definition) is 6. The SMILES string of the molecule is C=C(C)C(=O)OCCSCc1c(Br)c(Br)c(CSCCOC(=O)C(=C)C)c(Br)c1Br. The van der Waals surface area contributed by atoms with Crippen molar-refractivity contribution in [3.8, 4) is 0 Å². The molecule has 0 heterocycles. The monoisotopic (exact) mass is 706 g/mol. The van der Waals surface area contributed by atoms with Gasteiger partial charge in [-0.3, -0.25) is 0 Å². The average molecular weight is 710 g/mol. The lowest BCUT2D eigenvalue weighted by Crippen LogP contribution is -2.08. The van der Waals surface area contributed by atoms with Gasteiger partial charge < -0.3 is 9.47 Å². The van der Waals surface area contributed by atoms with Crippen LogP contribution in [0.15, 0.2) is 42.2 Å². The van der Waals surface area contributed by atoms with Gasteiger partial charge in [0.2, 0.25) is 0 Å². The summed E-state index contributed by atoms with van der Waals surface area (Å²) in [6, 6.07) is 0. The van der Waals surface area contributed by atoms with Gasteiger partial charge in [0.05, 0.1) is 0 Å². The van der Waals surface area contributed by atoms with Gasteiger partial charge in [-0.2, -0.15) is 23.5 Å². The molecule has 0 unspecified atom stereocenters. The number of esters is 2. The van der Waals surface area contributed by atoms with Crippen molar-refractivity contribution < 1.29 is 19.1 Å². The molecule has 4 nitrogen and oxygen atoms in total. The zero-order valence-electron chi connectivity index (χ0n) is 16.6. The first-order chi connectivity index (χ1) is 14.1. The highest BCUT2D eigenvalue weighted by atomic mass is 79.9. The Labute approximate surface area is 219 Å². The molecule has 0 radical (unpaired) electrons. The van der Waals surface area contributed by atoms with E-state index in [1.54, 1.807) is 37.4 Å². The summed E-state index contributed by atoms with van der Waals surface area (Å²) in [5.74, 6) is 2.14. The van der Waals surface area contributed by atoms with Crippen LogP contribution in [0.5, 0.6) is 0 Å². The first kappa shape index (κ1) is 28.3. The highest BCUT2D eigenvalue weighted by Gasteiger charge is 2.19. The van der Waals surface area contributed by atoms with Crippen molar-refractivity contribution in [2.75, 3.05) is 24.7 Å². The van der Waals surface area contributed by atoms with E-state index >= 15 is 0 Å². The average Bonchev–Trinajstić information content (AvgIpc) is 2.69. The molecule has 0 atom stereocenters. The predicted molar refractivity (Wildman–Crippen MR) is 141 cm³/mol. The lowest BCUT2D eigenvalue weighted by molar-refractivity contribution is -0.139. The van der Waals surface area contributed by atoms with Crippen LogP contribution in [0, 0.1) is 0 Å². The Morgan fingerprint density at radius 2 is 1.03 bits per heavy atom. The van der Waals surface area contributed by atoms with Crippen molar-refractivity contribution in [2.45, 2.75) is 25.4 Å². The van der Waals surface area contributed by atoms with Gasteiger partial charge >= 0.3 is 11.9 Å². The van der Waals surface area contributed by atoms with Gasteiger partial charge in [-0.1, -0.05) is 13.2 Å². The minimum atomic E-state index is -0.361. The molecule has 0 aliphatic rings. The van der Waals surface area contributed by atoms with E-state index in [4.69, 9.17) is 9.47 Å². The molecule has 1 rings (SSSR count). The molecule has 1 aromatic carbocycles. The number of thioether (sulfide) groups is 2. The maximum atomic E-state index is 11.4. The van der Waals surface area contributed by atoms with E-state index in [0.29, 0.717) is 35.9 Å². The molecular weight excluding hydrogens is 688 g/mol. The molecule has 0 spiro atoms. The third-order valence-corrected chi connectivity index (χ3v) is 10.0. The van der Waals surface area contributed by atoms with Gasteiger partial charge in [0.15, 0.2) is 0 Å². The van der Waals surface area contributed by atoms with Gasteiger partial charge in [0, 0.05) is 52.0 Å². The summed E-state index contributed by atoms with van der Waals surface area (Å²) in [5.41, 5.74) is 3.02. The molecule has 0 saturated heterocycles. The maximum absolute atomic E-state index is 11.4. The third-order valence-electron chi connectivity index (χ3n) is 3.56. The quantitative estimate of drug-likeness (QED) is 0.0974. The van der Waals surface area contributed by atoms with Crippen molar-refractivity contribution in [3.05, 3.63) is 53.3 Å². The molecule has 0 aliphatic carbocycles. The number of benzene rings is 1. The van der Waals surface area contributed by atoms with Crippen LogP contribution in [0.4, 0.5) is 0 Å². The Bertz CT molecular complexity index is 732. The Morgan fingerprint density at radius 1 is 0.733 bits per heavy atom. The van der Waals surface area contributed by atoms with E-state index in [1.807, 2.05) is 0 Å². The van der Waals surface area contributed by atoms with Crippen LogP contribution in [0.25, 0.3) is 0 Å². The van der Waals surface area contributed by atoms with Crippen molar-refractivity contribution >= 4 is 99.2 Å². The van der Waals surface area contributed by atoms with Crippen LogP contribution >= 0.6 is 87.2 Å². The fraction of sp³-hybridized carbons (Fsp3) is 0.400. The van der Waals surface area contributed by atoms with E-state index in [1.165, 1.54) is 0 Å². The van der Waals surface area contributed by atoms with Crippen molar-refractivity contribution in [1.82, 2.24) is 0 Å². The number of hydrogen-bond donors (Lipinski definition) is 0. The number of ether oxygens (including phenoxy) is 2. The topological polar surface area (TPSA) is 52.6 Å². The Kier molecular flexibility index (Phi) is 13.6. The minimum Gasteiger partial charge on any atom is -0.461 e. The normalized spacial score (nSPS) is 10.6. The summed E-state index contributed by atoms with van der Waals surface area (Å²) in [5, 5.41) is 0. The van der Waals surface area contributed by atoms with Gasteiger partial charge in [0.1, 0.15) is 13.2 Å². The summed E-state index contributed by atoms with van der Waals surface area (Å²) in [6.45, 7) is 11.1. The molecular formula is C20H22Br4O4S2. The van der Waals surface area contributed by atoms with Crippen molar-refractivity contribution in [1.29, 1.82) is 0 Å². The lowest BCUT2D eigenvalue weighted by Gasteiger charge is -2.16. The first-order valence-electron chi connectivity index (χ1n) is 8.72. The second kappa shape index (κ2) is 14.4. The molecule has 0 saturated carbocycles. The standard InChI is InChI=1S/C20H22Br4O4S2/c1-11(2)19(25)27-5-7-29-9-13-15(21)17(23)14(18(24)16(13)22)10-30-8-6-28-20(26)12(3)4/h1,3,5-10H2,2,4H3. The second-order valence-electron chi connectivity index (χ2n) is 6.15. The molecule has 0 aliphatic heterocycles. The fourth-order valence-corrected chi connectivity index (χ4v) is 7.22. The molecule has 10 heteroatoms. The van der Waals surface area contributed by atoms with Crippen LogP contribution in [0.2, 0.25) is 0 Å². The van der Waals surface area contributed by atoms with Crippen LogP contribution in [0.3, 0.4) is 0 Å². The predicted octanol–water partition coefficient (Wildman–Crippen LogP) is 7.44. The summed E-state index contributed by atoms with van der Waals surface area (Å²) < 4.78 is 14.2. The lowest BCUT2D eigenvalue weighted by atomic mass is 10.2. The van der Waals surface area contributed by atoms with Crippen molar-refractivity contribution in [2.24, 2.45) is 0 Å². The first-order valence-corrected chi connectivity index (χ1v) is 14.2. The van der Waals surface area contributed by atoms with Crippen LogP contribution < -0.4 is 0 Å². The third kappa shape index (κ3) is 9.02. The molecule has 0 aromatic heterocycles. The van der Waals surface area contributed by atoms with E-state index in [9.17, 15) is 9.59 Å². The molecule has 1 aromatic rings. The molecule has 166 valence electrons. The van der Waals surface area contributed by atoms with Crippen LogP contribution in [-0.2, 0) is 30.6 Å². The summed E-state index contributed by atoms with van der Waals surface area (Å²) in [6.07, 6.45) is 0. The van der Waals surface area contributed by atoms with Gasteiger partial charge in [-0.25, -0.2) is 9.59 Å². The highest BCUT2D eigenvalue weighted by molar-refractivity contribution is 9.14. The van der Waals surface area contributed by atoms with Gasteiger partial charge in [0.25, 0.3) is 0 Å². The summed E-state index contributed by atoms with van der Waals surface area (Å²) in [4.78, 5) is 22.8. The summed E-state index contributed by atoms with van der Waals surface area (Å²) in [7, 11) is 0. The second-order valence-corrected chi connectivity index (χ2v) is 11.5. The number of rotatable bonds is 12. The number of carbonyl (C=O) groups is 2. The van der Waals surface area contributed by atoms with Crippen molar-refractivity contribution in [3.63, 3.8) is 0 Å². The zero-order chi connectivity index (χ0) is 22.8. The van der Waals surface area contributed by atoms with Crippen LogP contribution in [0.1, 0.15) is 25.0 Å². The molecule has 0 fully saturated rings. The number of carbonyl (C=O) groups excluding carboxylic acids is 2. The largest absolute Gasteiger partial charge is 0.461 e. The molecule has 0 bridgehead atoms. The minimum absolute atomic E-state index is 0.346. The van der Waals surface area contributed by atoms with E-state index in [-0.39, 0.29) is 11.9 Å². The fourth-order valence-electron chi connectivity index (χ4n) is 1.96. The smallest absolute Gasteiger partial charge is 0.333 e. The van der Waals surface area contributed by atoms with Gasteiger partial charge in [-0.05, 0) is 88.7 Å². The van der Waals surface area contributed by atoms with Crippen LogP contribution in [-0.4, -0.2) is 36.7 Å². The number of halogens is 4. The Hall–Kier alpha value is 0.260. The van der Waals surface area contributed by atoms with E-state index < -0.39 is 0 Å². The molecule has 30 heavy (non-hydrogen) atoms. The van der Waals surface area contributed by atoms with Gasteiger partial charge in [-0.15, -0.1) is 0 Å². The molecule has 0 amide bonds. The highest BCUT2D eigenvalue weighted by Crippen LogP contribution is 2.44. The maximum Gasteiger partial charge on any atom is 0.333 e. The summed E-state index contributed by atoms with van der Waals surface area (Å²) >= 11 is 18.1. The van der Waals surface area contributed by atoms with E-state index in [0.717, 1.165) is 40.5 Å². The molecule has 0 N–H and O–H groups in total. The Morgan fingerprint density at radius 3 is 1.30 bits per heavy atom.